The highest BCUT2D eigenvalue weighted by atomic mass is 79.9. The lowest BCUT2D eigenvalue weighted by Crippen LogP contribution is -2.43. The fourth-order valence-corrected chi connectivity index (χ4v) is 2.78. The van der Waals surface area contributed by atoms with Crippen LogP contribution in [0.5, 0.6) is 0 Å². The average molecular weight is 443 g/mol. The summed E-state index contributed by atoms with van der Waals surface area (Å²) in [5.74, 6) is -0.818. The molecule has 0 saturated carbocycles. The van der Waals surface area contributed by atoms with Crippen LogP contribution in [0.15, 0.2) is 52.0 Å². The van der Waals surface area contributed by atoms with Crippen molar-refractivity contribution in [2.75, 3.05) is 0 Å². The van der Waals surface area contributed by atoms with E-state index in [-0.39, 0.29) is 5.91 Å². The van der Waals surface area contributed by atoms with Gasteiger partial charge in [-0.15, -0.1) is 0 Å². The van der Waals surface area contributed by atoms with E-state index in [9.17, 15) is 9.59 Å². The molecule has 0 bridgehead atoms. The molecule has 0 aliphatic heterocycles. The Kier molecular flexibility index (Phi) is 6.99. The molecule has 2 amide bonds. The van der Waals surface area contributed by atoms with Crippen LogP contribution in [0.25, 0.3) is 0 Å². The summed E-state index contributed by atoms with van der Waals surface area (Å²) < 4.78 is 0.649. The van der Waals surface area contributed by atoms with Gasteiger partial charge < -0.3 is 5.32 Å². The fourth-order valence-electron chi connectivity index (χ4n) is 1.85. The third-order valence-corrected chi connectivity index (χ3v) is 4.45. The third kappa shape index (κ3) is 5.56. The second kappa shape index (κ2) is 8.99. The van der Waals surface area contributed by atoms with E-state index in [1.54, 1.807) is 49.4 Å². The Morgan fingerprint density at radius 1 is 1.20 bits per heavy atom. The van der Waals surface area contributed by atoms with Gasteiger partial charge in [-0.25, -0.2) is 5.43 Å². The molecule has 130 valence electrons. The lowest BCUT2D eigenvalue weighted by molar-refractivity contribution is -0.122. The zero-order chi connectivity index (χ0) is 18.4. The number of carbonyl (C=O) groups excluding carboxylic acids is 2. The SMILES string of the molecule is CC(NC(=O)c1ccccc1Br)C(=O)NN=Cc1ccc(Cl)cc1Cl. The van der Waals surface area contributed by atoms with Crippen LogP contribution in [0.4, 0.5) is 0 Å². The number of halogens is 3. The predicted octanol–water partition coefficient (Wildman–Crippen LogP) is 4.02. The average Bonchev–Trinajstić information content (AvgIpc) is 2.56. The van der Waals surface area contributed by atoms with E-state index in [1.165, 1.54) is 6.21 Å². The molecule has 2 aromatic rings. The number of carbonyl (C=O) groups is 2. The monoisotopic (exact) mass is 441 g/mol. The normalized spacial score (nSPS) is 12.0. The largest absolute Gasteiger partial charge is 0.340 e. The quantitative estimate of drug-likeness (QED) is 0.542. The number of rotatable bonds is 5. The van der Waals surface area contributed by atoms with Crippen LogP contribution in [0, 0.1) is 0 Å². The van der Waals surface area contributed by atoms with E-state index in [0.717, 1.165) is 0 Å². The summed E-state index contributed by atoms with van der Waals surface area (Å²) in [4.78, 5) is 24.2. The second-order valence-electron chi connectivity index (χ2n) is 5.08. The first kappa shape index (κ1) is 19.4. The lowest BCUT2D eigenvalue weighted by atomic mass is 10.2. The Balaban J connectivity index is 1.93. The minimum absolute atomic E-state index is 0.361. The van der Waals surface area contributed by atoms with Crippen molar-refractivity contribution in [3.8, 4) is 0 Å². The van der Waals surface area contributed by atoms with Gasteiger partial charge in [-0.1, -0.05) is 41.4 Å². The van der Waals surface area contributed by atoms with Gasteiger partial charge in [0.25, 0.3) is 11.8 Å². The number of benzene rings is 2. The molecule has 8 heteroatoms. The first-order valence-electron chi connectivity index (χ1n) is 7.22. The molecule has 0 saturated heterocycles. The van der Waals surface area contributed by atoms with Crippen LogP contribution >= 0.6 is 39.1 Å². The molecule has 2 aromatic carbocycles. The van der Waals surface area contributed by atoms with Crippen molar-refractivity contribution in [3.63, 3.8) is 0 Å². The van der Waals surface area contributed by atoms with Gasteiger partial charge in [0, 0.05) is 15.1 Å². The van der Waals surface area contributed by atoms with Gasteiger partial charge in [-0.05, 0) is 47.1 Å². The number of hydrazone groups is 1. The van der Waals surface area contributed by atoms with Gasteiger partial charge in [0.15, 0.2) is 0 Å². The van der Waals surface area contributed by atoms with Gasteiger partial charge in [0.05, 0.1) is 16.8 Å². The van der Waals surface area contributed by atoms with Crippen LogP contribution < -0.4 is 10.7 Å². The Morgan fingerprint density at radius 3 is 2.60 bits per heavy atom. The second-order valence-corrected chi connectivity index (χ2v) is 6.77. The molecule has 0 heterocycles. The summed E-state index contributed by atoms with van der Waals surface area (Å²) in [6, 6.07) is 11.1. The number of hydrogen-bond acceptors (Lipinski definition) is 3. The number of nitrogens with one attached hydrogen (secondary N) is 2. The molecule has 0 aliphatic carbocycles. The summed E-state index contributed by atoms with van der Waals surface area (Å²) in [6.07, 6.45) is 1.40. The maximum Gasteiger partial charge on any atom is 0.262 e. The Labute approximate surface area is 163 Å². The molecule has 1 unspecified atom stereocenters. The summed E-state index contributed by atoms with van der Waals surface area (Å²) in [6.45, 7) is 1.56. The molecule has 2 N–H and O–H groups in total. The fraction of sp³-hybridized carbons (Fsp3) is 0.118. The molecule has 0 fully saturated rings. The topological polar surface area (TPSA) is 70.6 Å². The summed E-state index contributed by atoms with van der Waals surface area (Å²) in [7, 11) is 0. The van der Waals surface area contributed by atoms with Gasteiger partial charge in [0.2, 0.25) is 0 Å². The maximum atomic E-state index is 12.2. The first-order valence-corrected chi connectivity index (χ1v) is 8.76. The van der Waals surface area contributed by atoms with E-state index in [4.69, 9.17) is 23.2 Å². The molecule has 0 aliphatic rings. The molecule has 5 nitrogen and oxygen atoms in total. The van der Waals surface area contributed by atoms with Crippen LogP contribution in [0.3, 0.4) is 0 Å². The van der Waals surface area contributed by atoms with E-state index in [2.05, 4.69) is 31.8 Å². The van der Waals surface area contributed by atoms with Crippen molar-refractivity contribution in [2.45, 2.75) is 13.0 Å². The molecule has 0 spiro atoms. The van der Waals surface area contributed by atoms with Crippen molar-refractivity contribution in [1.82, 2.24) is 10.7 Å². The van der Waals surface area contributed by atoms with Crippen LogP contribution in [0.2, 0.25) is 10.0 Å². The summed E-state index contributed by atoms with van der Waals surface area (Å²) >= 11 is 15.1. The van der Waals surface area contributed by atoms with Crippen LogP contribution in [-0.2, 0) is 4.79 Å². The third-order valence-electron chi connectivity index (χ3n) is 3.20. The van der Waals surface area contributed by atoms with Crippen molar-refractivity contribution in [1.29, 1.82) is 0 Å². The standard InChI is InChI=1S/C17H14BrCl2N3O2/c1-10(22-17(25)13-4-2-3-5-14(13)18)16(24)23-21-9-11-6-7-12(19)8-15(11)20/h2-10H,1H3,(H,22,25)(H,23,24). The predicted molar refractivity (Wildman–Crippen MR) is 103 cm³/mol. The highest BCUT2D eigenvalue weighted by Gasteiger charge is 2.17. The van der Waals surface area contributed by atoms with Crippen molar-refractivity contribution >= 4 is 57.2 Å². The van der Waals surface area contributed by atoms with Crippen molar-refractivity contribution in [3.05, 3.63) is 68.1 Å². The van der Waals surface area contributed by atoms with E-state index in [0.29, 0.717) is 25.6 Å². The van der Waals surface area contributed by atoms with Crippen molar-refractivity contribution in [2.24, 2.45) is 5.10 Å². The van der Waals surface area contributed by atoms with Gasteiger partial charge in [0.1, 0.15) is 6.04 Å². The lowest BCUT2D eigenvalue weighted by Gasteiger charge is -2.12. The Bertz CT molecular complexity index is 827. The van der Waals surface area contributed by atoms with Gasteiger partial charge >= 0.3 is 0 Å². The van der Waals surface area contributed by atoms with Crippen molar-refractivity contribution < 1.29 is 9.59 Å². The molecule has 1 atom stereocenters. The molecular formula is C17H14BrCl2N3O2. The van der Waals surface area contributed by atoms with E-state index >= 15 is 0 Å². The van der Waals surface area contributed by atoms with E-state index < -0.39 is 11.9 Å². The minimum atomic E-state index is -0.766. The zero-order valence-electron chi connectivity index (χ0n) is 13.1. The zero-order valence-corrected chi connectivity index (χ0v) is 16.2. The summed E-state index contributed by atoms with van der Waals surface area (Å²) in [5.41, 5.74) is 3.41. The summed E-state index contributed by atoms with van der Waals surface area (Å²) in [5, 5.41) is 7.37. The Morgan fingerprint density at radius 2 is 1.92 bits per heavy atom. The van der Waals surface area contributed by atoms with Gasteiger partial charge in [-0.2, -0.15) is 5.10 Å². The highest BCUT2D eigenvalue weighted by molar-refractivity contribution is 9.10. The molecule has 25 heavy (non-hydrogen) atoms. The van der Waals surface area contributed by atoms with E-state index in [1.807, 2.05) is 0 Å². The molecular weight excluding hydrogens is 429 g/mol. The maximum absolute atomic E-state index is 12.2. The number of nitrogens with zero attached hydrogens (tertiary/aromatic N) is 1. The highest BCUT2D eigenvalue weighted by Crippen LogP contribution is 2.19. The molecule has 0 radical (unpaired) electrons. The van der Waals surface area contributed by atoms with Crippen LogP contribution in [-0.4, -0.2) is 24.1 Å². The number of hydrogen-bond donors (Lipinski definition) is 2. The minimum Gasteiger partial charge on any atom is -0.340 e. The Hall–Kier alpha value is -1.89. The number of amides is 2. The van der Waals surface area contributed by atoms with Gasteiger partial charge in [-0.3, -0.25) is 9.59 Å². The smallest absolute Gasteiger partial charge is 0.262 e. The van der Waals surface area contributed by atoms with Crippen LogP contribution in [0.1, 0.15) is 22.8 Å². The first-order chi connectivity index (χ1) is 11.9. The molecule has 2 rings (SSSR count). The molecule has 0 aromatic heterocycles.